The second kappa shape index (κ2) is 17.0. The highest BCUT2D eigenvalue weighted by molar-refractivity contribution is 5.10. The SMILES string of the molecule is CCC=CCCCCCC=CC=CC=CCCCC. The molecule has 0 bridgehead atoms. The van der Waals surface area contributed by atoms with Crippen LogP contribution in [0.2, 0.25) is 0 Å². The van der Waals surface area contributed by atoms with Crippen LogP contribution in [0.15, 0.2) is 48.6 Å². The lowest BCUT2D eigenvalue weighted by Gasteiger charge is -1.94. The normalized spacial score (nSPS) is 12.7. The smallest absolute Gasteiger partial charge is 0.0348 e. The molecule has 0 amide bonds. The van der Waals surface area contributed by atoms with Crippen LogP contribution in [0, 0.1) is 0 Å². The quantitative estimate of drug-likeness (QED) is 0.206. The Hall–Kier alpha value is -1.04. The summed E-state index contributed by atoms with van der Waals surface area (Å²) in [6.45, 7) is 4.42. The molecule has 0 aromatic heterocycles. The van der Waals surface area contributed by atoms with E-state index in [0.29, 0.717) is 0 Å². The van der Waals surface area contributed by atoms with Gasteiger partial charge in [0.25, 0.3) is 0 Å². The van der Waals surface area contributed by atoms with Crippen molar-refractivity contribution < 1.29 is 0 Å². The van der Waals surface area contributed by atoms with Gasteiger partial charge in [0, 0.05) is 0 Å². The Kier molecular flexibility index (Phi) is 16.0. The van der Waals surface area contributed by atoms with Gasteiger partial charge in [-0.1, -0.05) is 81.7 Å². The van der Waals surface area contributed by atoms with Crippen LogP contribution in [0.5, 0.6) is 0 Å². The van der Waals surface area contributed by atoms with Gasteiger partial charge in [-0.05, 0) is 38.5 Å². The molecule has 0 N–H and O–H groups in total. The van der Waals surface area contributed by atoms with Crippen molar-refractivity contribution in [3.05, 3.63) is 48.6 Å². The van der Waals surface area contributed by atoms with Gasteiger partial charge in [0.1, 0.15) is 0 Å². The van der Waals surface area contributed by atoms with Crippen molar-refractivity contribution in [2.45, 2.75) is 71.6 Å². The van der Waals surface area contributed by atoms with E-state index < -0.39 is 0 Å². The zero-order valence-electron chi connectivity index (χ0n) is 13.0. The maximum Gasteiger partial charge on any atom is -0.0348 e. The maximum absolute atomic E-state index is 2.31. The topological polar surface area (TPSA) is 0 Å². The van der Waals surface area contributed by atoms with E-state index in [1.54, 1.807) is 0 Å². The molecular formula is C19H32. The maximum atomic E-state index is 2.31. The van der Waals surface area contributed by atoms with Gasteiger partial charge < -0.3 is 0 Å². The molecule has 0 aromatic carbocycles. The summed E-state index contributed by atoms with van der Waals surface area (Å²) in [5.74, 6) is 0. The van der Waals surface area contributed by atoms with Gasteiger partial charge in [-0.3, -0.25) is 0 Å². The predicted octanol–water partition coefficient (Wildman–Crippen LogP) is 6.76. The van der Waals surface area contributed by atoms with Crippen molar-refractivity contribution in [3.63, 3.8) is 0 Å². The summed E-state index contributed by atoms with van der Waals surface area (Å²) in [6.07, 6.45) is 29.1. The van der Waals surface area contributed by atoms with Crippen molar-refractivity contribution in [3.8, 4) is 0 Å². The van der Waals surface area contributed by atoms with E-state index in [9.17, 15) is 0 Å². The summed E-state index contributed by atoms with van der Waals surface area (Å²) in [6, 6.07) is 0. The molecule has 19 heavy (non-hydrogen) atoms. The molecule has 0 aliphatic heterocycles. The first-order valence-electron chi connectivity index (χ1n) is 8.05. The largest absolute Gasteiger partial charge is 0.0888 e. The van der Waals surface area contributed by atoms with Crippen LogP contribution in [0.25, 0.3) is 0 Å². The van der Waals surface area contributed by atoms with E-state index in [4.69, 9.17) is 0 Å². The van der Waals surface area contributed by atoms with E-state index in [1.807, 2.05) is 0 Å². The number of hydrogen-bond donors (Lipinski definition) is 0. The third-order valence-electron chi connectivity index (χ3n) is 2.97. The van der Waals surface area contributed by atoms with Crippen LogP contribution in [0.4, 0.5) is 0 Å². The van der Waals surface area contributed by atoms with Crippen LogP contribution in [-0.2, 0) is 0 Å². The molecule has 0 saturated heterocycles. The molecule has 0 unspecified atom stereocenters. The van der Waals surface area contributed by atoms with E-state index >= 15 is 0 Å². The molecular weight excluding hydrogens is 228 g/mol. The van der Waals surface area contributed by atoms with Crippen molar-refractivity contribution in [2.24, 2.45) is 0 Å². The van der Waals surface area contributed by atoms with E-state index in [-0.39, 0.29) is 0 Å². The third kappa shape index (κ3) is 17.0. The highest BCUT2D eigenvalue weighted by Crippen LogP contribution is 2.04. The van der Waals surface area contributed by atoms with Crippen molar-refractivity contribution >= 4 is 0 Å². The van der Waals surface area contributed by atoms with Gasteiger partial charge in [0.2, 0.25) is 0 Å². The summed E-state index contributed by atoms with van der Waals surface area (Å²) in [5, 5.41) is 0. The Balaban J connectivity index is 3.31. The van der Waals surface area contributed by atoms with Crippen molar-refractivity contribution in [1.82, 2.24) is 0 Å². The van der Waals surface area contributed by atoms with Crippen LogP contribution >= 0.6 is 0 Å². The van der Waals surface area contributed by atoms with Crippen LogP contribution in [0.1, 0.15) is 71.6 Å². The minimum Gasteiger partial charge on any atom is -0.0888 e. The molecule has 0 saturated carbocycles. The fraction of sp³-hybridized carbons (Fsp3) is 0.579. The summed E-state index contributed by atoms with van der Waals surface area (Å²) in [4.78, 5) is 0. The lowest BCUT2D eigenvalue weighted by Crippen LogP contribution is -1.74. The van der Waals surface area contributed by atoms with Crippen molar-refractivity contribution in [2.75, 3.05) is 0 Å². The fourth-order valence-corrected chi connectivity index (χ4v) is 1.79. The zero-order valence-corrected chi connectivity index (χ0v) is 13.0. The summed E-state index contributed by atoms with van der Waals surface area (Å²) < 4.78 is 0. The predicted molar refractivity (Wildman–Crippen MR) is 89.5 cm³/mol. The molecule has 0 heteroatoms. The van der Waals surface area contributed by atoms with Crippen molar-refractivity contribution in [1.29, 1.82) is 0 Å². The summed E-state index contributed by atoms with van der Waals surface area (Å²) >= 11 is 0. The highest BCUT2D eigenvalue weighted by atomic mass is 13.9. The van der Waals surface area contributed by atoms with Crippen LogP contribution in [0.3, 0.4) is 0 Å². The molecule has 0 radical (unpaired) electrons. The summed E-state index contributed by atoms with van der Waals surface area (Å²) in [5.41, 5.74) is 0. The second-order valence-corrected chi connectivity index (χ2v) is 4.90. The molecule has 0 aliphatic rings. The van der Waals surface area contributed by atoms with E-state index in [2.05, 4.69) is 62.5 Å². The lowest BCUT2D eigenvalue weighted by molar-refractivity contribution is 0.695. The Morgan fingerprint density at radius 1 is 0.526 bits per heavy atom. The number of hydrogen-bond acceptors (Lipinski definition) is 0. The standard InChI is InChI=1S/C19H32/c1-3-5-7-9-11-13-15-17-19-18-16-14-12-10-8-6-4-2/h5,7,10,12,14,16,18-19H,3-4,6,8-9,11,13,15,17H2,1-2H3. The van der Waals surface area contributed by atoms with Crippen LogP contribution < -0.4 is 0 Å². The van der Waals surface area contributed by atoms with Gasteiger partial charge in [0.15, 0.2) is 0 Å². The molecule has 0 nitrogen and oxygen atoms in total. The third-order valence-corrected chi connectivity index (χ3v) is 2.97. The molecule has 0 rings (SSSR count). The van der Waals surface area contributed by atoms with Gasteiger partial charge in [-0.2, -0.15) is 0 Å². The van der Waals surface area contributed by atoms with E-state index in [1.165, 1.54) is 57.8 Å². The molecule has 0 spiro atoms. The first-order valence-corrected chi connectivity index (χ1v) is 8.05. The second-order valence-electron chi connectivity index (χ2n) is 4.90. The Morgan fingerprint density at radius 3 is 1.68 bits per heavy atom. The first-order chi connectivity index (χ1) is 9.41. The number of rotatable bonds is 12. The minimum atomic E-state index is 1.17. The van der Waals surface area contributed by atoms with Gasteiger partial charge in [-0.25, -0.2) is 0 Å². The Labute approximate surface area is 121 Å². The average molecular weight is 260 g/mol. The van der Waals surface area contributed by atoms with E-state index in [0.717, 1.165) is 0 Å². The molecule has 0 atom stereocenters. The minimum absolute atomic E-state index is 1.17. The van der Waals surface area contributed by atoms with Crippen LogP contribution in [-0.4, -0.2) is 0 Å². The molecule has 108 valence electrons. The highest BCUT2D eigenvalue weighted by Gasteiger charge is 1.84. The Bertz CT molecular complexity index is 266. The Morgan fingerprint density at radius 2 is 1.11 bits per heavy atom. The molecule has 0 fully saturated rings. The molecule has 0 aliphatic carbocycles. The van der Waals surface area contributed by atoms with Gasteiger partial charge >= 0.3 is 0 Å². The first kappa shape index (κ1) is 18.0. The zero-order chi connectivity index (χ0) is 14.0. The average Bonchev–Trinajstić information content (AvgIpc) is 2.43. The lowest BCUT2D eigenvalue weighted by atomic mass is 10.1. The number of allylic oxidation sites excluding steroid dienone is 8. The number of unbranched alkanes of at least 4 members (excludes halogenated alkanes) is 6. The molecule has 0 aromatic rings. The van der Waals surface area contributed by atoms with Gasteiger partial charge in [0.05, 0.1) is 0 Å². The fourth-order valence-electron chi connectivity index (χ4n) is 1.79. The summed E-state index contributed by atoms with van der Waals surface area (Å²) in [7, 11) is 0. The van der Waals surface area contributed by atoms with Gasteiger partial charge in [-0.15, -0.1) is 0 Å². The monoisotopic (exact) mass is 260 g/mol. The molecule has 0 heterocycles.